The lowest BCUT2D eigenvalue weighted by Crippen LogP contribution is -2.45. The zero-order chi connectivity index (χ0) is 17.1. The second-order valence-electron chi connectivity index (χ2n) is 7.28. The number of nitrogens with zero attached hydrogens (tertiary/aromatic N) is 1. The van der Waals surface area contributed by atoms with E-state index in [1.165, 1.54) is 6.26 Å². The molecule has 5 heteroatoms. The Morgan fingerprint density at radius 3 is 2.43 bits per heavy atom. The van der Waals surface area contributed by atoms with Crippen LogP contribution in [0.1, 0.15) is 45.1 Å². The van der Waals surface area contributed by atoms with Gasteiger partial charge in [0.2, 0.25) is 5.91 Å². The lowest BCUT2D eigenvalue weighted by atomic mass is 9.86. The Bertz CT molecular complexity index is 637. The SMILES string of the molecule is CC1(C)CCC[C@H]1N(Cc1ccccc1)C(=O)CCS(C)(=O)=O. The minimum atomic E-state index is -3.13. The maximum Gasteiger partial charge on any atom is 0.224 e. The third-order valence-corrected chi connectivity index (χ3v) is 5.73. The molecule has 0 heterocycles. The van der Waals surface area contributed by atoms with E-state index in [0.29, 0.717) is 6.54 Å². The summed E-state index contributed by atoms with van der Waals surface area (Å²) < 4.78 is 22.8. The fraction of sp³-hybridized carbons (Fsp3) is 0.611. The Kier molecular flexibility index (Phi) is 5.50. The van der Waals surface area contributed by atoms with E-state index >= 15 is 0 Å². The Morgan fingerprint density at radius 1 is 1.26 bits per heavy atom. The summed E-state index contributed by atoms with van der Waals surface area (Å²) >= 11 is 0. The molecule has 1 atom stereocenters. The van der Waals surface area contributed by atoms with Crippen molar-refractivity contribution < 1.29 is 13.2 Å². The molecule has 0 radical (unpaired) electrons. The number of carbonyl (C=O) groups is 1. The van der Waals surface area contributed by atoms with Crippen LogP contribution in [-0.4, -0.2) is 37.3 Å². The van der Waals surface area contributed by atoms with Crippen LogP contribution < -0.4 is 0 Å². The molecule has 0 aliphatic heterocycles. The van der Waals surface area contributed by atoms with Crippen molar-refractivity contribution >= 4 is 15.7 Å². The van der Waals surface area contributed by atoms with E-state index in [9.17, 15) is 13.2 Å². The lowest BCUT2D eigenvalue weighted by molar-refractivity contribution is -0.135. The van der Waals surface area contributed by atoms with Gasteiger partial charge in [0.05, 0.1) is 5.75 Å². The average Bonchev–Trinajstić information content (AvgIpc) is 2.82. The summed E-state index contributed by atoms with van der Waals surface area (Å²) in [7, 11) is -3.13. The average molecular weight is 337 g/mol. The first-order valence-corrected chi connectivity index (χ1v) is 10.3. The summed E-state index contributed by atoms with van der Waals surface area (Å²) in [6, 6.07) is 10.1. The Hall–Kier alpha value is -1.36. The normalized spacial score (nSPS) is 20.4. The molecule has 1 saturated carbocycles. The number of benzene rings is 1. The highest BCUT2D eigenvalue weighted by atomic mass is 32.2. The van der Waals surface area contributed by atoms with Crippen molar-refractivity contribution in [1.82, 2.24) is 4.90 Å². The molecule has 0 N–H and O–H groups in total. The molecule has 0 spiro atoms. The Morgan fingerprint density at radius 2 is 1.91 bits per heavy atom. The van der Waals surface area contributed by atoms with Crippen molar-refractivity contribution in [1.29, 1.82) is 0 Å². The van der Waals surface area contributed by atoms with Gasteiger partial charge in [0, 0.05) is 25.3 Å². The first-order chi connectivity index (χ1) is 10.7. The smallest absolute Gasteiger partial charge is 0.224 e. The van der Waals surface area contributed by atoms with Gasteiger partial charge in [-0.3, -0.25) is 4.79 Å². The predicted molar refractivity (Wildman–Crippen MR) is 92.7 cm³/mol. The van der Waals surface area contributed by atoms with Gasteiger partial charge in [-0.2, -0.15) is 0 Å². The zero-order valence-electron chi connectivity index (χ0n) is 14.3. The van der Waals surface area contributed by atoms with Crippen molar-refractivity contribution in [2.45, 2.75) is 52.1 Å². The summed E-state index contributed by atoms with van der Waals surface area (Å²) in [6.45, 7) is 4.95. The van der Waals surface area contributed by atoms with Gasteiger partial charge in [-0.05, 0) is 23.8 Å². The summed E-state index contributed by atoms with van der Waals surface area (Å²) in [4.78, 5) is 14.6. The van der Waals surface area contributed by atoms with Crippen molar-refractivity contribution in [2.24, 2.45) is 5.41 Å². The van der Waals surface area contributed by atoms with Crippen LogP contribution in [0.5, 0.6) is 0 Å². The molecule has 1 amide bonds. The molecule has 2 rings (SSSR count). The number of amides is 1. The highest BCUT2D eigenvalue weighted by molar-refractivity contribution is 7.90. The van der Waals surface area contributed by atoms with Gasteiger partial charge in [0.25, 0.3) is 0 Å². The van der Waals surface area contributed by atoms with E-state index < -0.39 is 9.84 Å². The highest BCUT2D eigenvalue weighted by Crippen LogP contribution is 2.41. The fourth-order valence-electron chi connectivity index (χ4n) is 3.45. The minimum Gasteiger partial charge on any atom is -0.335 e. The van der Waals surface area contributed by atoms with Crippen LogP contribution in [0.2, 0.25) is 0 Å². The fourth-order valence-corrected chi connectivity index (χ4v) is 4.00. The summed E-state index contributed by atoms with van der Waals surface area (Å²) in [5, 5.41) is 0. The van der Waals surface area contributed by atoms with Crippen LogP contribution in [0.4, 0.5) is 0 Å². The highest BCUT2D eigenvalue weighted by Gasteiger charge is 2.40. The maximum atomic E-state index is 12.7. The minimum absolute atomic E-state index is 0.0562. The molecule has 0 aromatic heterocycles. The second-order valence-corrected chi connectivity index (χ2v) is 9.54. The van der Waals surface area contributed by atoms with Crippen LogP contribution in [-0.2, 0) is 21.2 Å². The first kappa shape index (κ1) is 18.0. The molecule has 128 valence electrons. The molecule has 1 aliphatic carbocycles. The van der Waals surface area contributed by atoms with Gasteiger partial charge in [-0.15, -0.1) is 0 Å². The molecular formula is C18H27NO3S. The Balaban J connectivity index is 2.19. The number of hydrogen-bond acceptors (Lipinski definition) is 3. The molecular weight excluding hydrogens is 310 g/mol. The van der Waals surface area contributed by atoms with Gasteiger partial charge in [0.15, 0.2) is 0 Å². The molecule has 1 aromatic carbocycles. The first-order valence-electron chi connectivity index (χ1n) is 8.20. The van der Waals surface area contributed by atoms with Crippen molar-refractivity contribution in [2.75, 3.05) is 12.0 Å². The van der Waals surface area contributed by atoms with Crippen LogP contribution in [0.15, 0.2) is 30.3 Å². The Labute approximate surface area is 139 Å². The van der Waals surface area contributed by atoms with Gasteiger partial charge in [0.1, 0.15) is 9.84 Å². The third kappa shape index (κ3) is 5.06. The monoisotopic (exact) mass is 337 g/mol. The number of sulfone groups is 1. The molecule has 0 unspecified atom stereocenters. The number of carbonyl (C=O) groups excluding carboxylic acids is 1. The lowest BCUT2D eigenvalue weighted by Gasteiger charge is -2.38. The van der Waals surface area contributed by atoms with Gasteiger partial charge >= 0.3 is 0 Å². The molecule has 1 fully saturated rings. The summed E-state index contributed by atoms with van der Waals surface area (Å²) in [5.41, 5.74) is 1.16. The van der Waals surface area contributed by atoms with Crippen LogP contribution in [0, 0.1) is 5.41 Å². The van der Waals surface area contributed by atoms with Gasteiger partial charge < -0.3 is 4.90 Å². The quantitative estimate of drug-likeness (QED) is 0.802. The molecule has 0 saturated heterocycles. The molecule has 1 aromatic rings. The molecule has 23 heavy (non-hydrogen) atoms. The molecule has 4 nitrogen and oxygen atoms in total. The van der Waals surface area contributed by atoms with Crippen molar-refractivity contribution in [3.8, 4) is 0 Å². The van der Waals surface area contributed by atoms with E-state index in [0.717, 1.165) is 24.8 Å². The third-order valence-electron chi connectivity index (χ3n) is 4.78. The predicted octanol–water partition coefficient (Wildman–Crippen LogP) is 3.03. The van der Waals surface area contributed by atoms with Crippen molar-refractivity contribution in [3.05, 3.63) is 35.9 Å². The number of rotatable bonds is 6. The van der Waals surface area contributed by atoms with Crippen LogP contribution in [0.25, 0.3) is 0 Å². The summed E-state index contributed by atoms with van der Waals surface area (Å²) in [5.74, 6) is -0.135. The second kappa shape index (κ2) is 7.04. The van der Waals surface area contributed by atoms with E-state index in [2.05, 4.69) is 13.8 Å². The largest absolute Gasteiger partial charge is 0.335 e. The van der Waals surface area contributed by atoms with E-state index in [4.69, 9.17) is 0 Å². The zero-order valence-corrected chi connectivity index (χ0v) is 15.1. The van der Waals surface area contributed by atoms with Gasteiger partial charge in [-0.1, -0.05) is 50.6 Å². The maximum absolute atomic E-state index is 12.7. The van der Waals surface area contributed by atoms with E-state index in [1.807, 2.05) is 35.2 Å². The van der Waals surface area contributed by atoms with Crippen LogP contribution >= 0.6 is 0 Å². The number of hydrogen-bond donors (Lipinski definition) is 0. The molecule has 0 bridgehead atoms. The van der Waals surface area contributed by atoms with Gasteiger partial charge in [-0.25, -0.2) is 8.42 Å². The van der Waals surface area contributed by atoms with E-state index in [1.54, 1.807) is 0 Å². The summed E-state index contributed by atoms with van der Waals surface area (Å²) in [6.07, 6.45) is 4.45. The topological polar surface area (TPSA) is 54.5 Å². The van der Waals surface area contributed by atoms with Crippen LogP contribution in [0.3, 0.4) is 0 Å². The van der Waals surface area contributed by atoms with Crippen molar-refractivity contribution in [3.63, 3.8) is 0 Å². The standard InChI is InChI=1S/C18H27NO3S/c1-18(2)12-7-10-16(18)19(14-15-8-5-4-6-9-15)17(20)11-13-23(3,21)22/h4-6,8-9,16H,7,10-14H2,1-3H3/t16-/m1/s1. The molecule has 1 aliphatic rings. The van der Waals surface area contributed by atoms with E-state index in [-0.39, 0.29) is 29.5 Å².